The summed E-state index contributed by atoms with van der Waals surface area (Å²) in [5, 5.41) is 0. The molecule has 0 amide bonds. The van der Waals surface area contributed by atoms with E-state index in [2.05, 4.69) is 0 Å². The predicted molar refractivity (Wildman–Crippen MR) is 147 cm³/mol. The highest BCUT2D eigenvalue weighted by molar-refractivity contribution is 5.70. The fourth-order valence-corrected chi connectivity index (χ4v) is 2.74. The molecule has 0 aromatic rings. The lowest BCUT2D eigenvalue weighted by Gasteiger charge is -2.19. The maximum absolute atomic E-state index is 11.5. The monoisotopic (exact) mass is 582 g/mol. The average Bonchev–Trinajstić information content (AvgIpc) is 2.84. The molecule has 0 bridgehead atoms. The van der Waals surface area contributed by atoms with Gasteiger partial charge in [-0.25, -0.2) is 0 Å². The van der Waals surface area contributed by atoms with E-state index >= 15 is 0 Å². The van der Waals surface area contributed by atoms with Crippen LogP contribution in [0.4, 0.5) is 0 Å². The minimum absolute atomic E-state index is 0.230. The van der Waals surface area contributed by atoms with Crippen LogP contribution < -0.4 is 0 Å². The van der Waals surface area contributed by atoms with Crippen LogP contribution in [-0.2, 0) is 57.0 Å². The maximum Gasteiger partial charge on any atom is 0.308 e. The largest absolute Gasteiger partial charge is 0.460 e. The highest BCUT2D eigenvalue weighted by Crippen LogP contribution is 2.08. The molecule has 238 valence electrons. The standard InChI is InChI=1S/C28H54O12/c1-27(2,3)39-25(29)7-9-31-11-13-33-15-17-35-19-21-37-23-24-38-22-20-36-18-16-34-14-12-32-10-8-26(30)40-28(4,5)6/h7-24H2,1-6H3. The van der Waals surface area contributed by atoms with Gasteiger partial charge in [-0.3, -0.25) is 9.59 Å². The number of ether oxygens (including phenoxy) is 10. The van der Waals surface area contributed by atoms with Crippen LogP contribution in [0.25, 0.3) is 0 Å². The van der Waals surface area contributed by atoms with Gasteiger partial charge in [0, 0.05) is 0 Å². The van der Waals surface area contributed by atoms with Gasteiger partial charge in [0.15, 0.2) is 0 Å². The Morgan fingerprint density at radius 2 is 0.525 bits per heavy atom. The van der Waals surface area contributed by atoms with Crippen LogP contribution in [0.15, 0.2) is 0 Å². The third-order valence-electron chi connectivity index (χ3n) is 4.35. The fourth-order valence-electron chi connectivity index (χ4n) is 2.74. The summed E-state index contributed by atoms with van der Waals surface area (Å²) in [6.07, 6.45) is 0.460. The molecule has 0 aliphatic carbocycles. The Morgan fingerprint density at radius 3 is 0.700 bits per heavy atom. The zero-order valence-electron chi connectivity index (χ0n) is 25.6. The topological polar surface area (TPSA) is 126 Å². The molecule has 0 aliphatic heterocycles. The molecule has 0 saturated heterocycles. The van der Waals surface area contributed by atoms with Crippen molar-refractivity contribution in [2.45, 2.75) is 65.6 Å². The van der Waals surface area contributed by atoms with Crippen molar-refractivity contribution in [3.8, 4) is 0 Å². The van der Waals surface area contributed by atoms with Crippen LogP contribution in [0.1, 0.15) is 54.4 Å². The number of hydrogen-bond donors (Lipinski definition) is 0. The van der Waals surface area contributed by atoms with E-state index in [1.807, 2.05) is 41.5 Å². The molecule has 0 aromatic carbocycles. The van der Waals surface area contributed by atoms with E-state index in [9.17, 15) is 9.59 Å². The molecular weight excluding hydrogens is 528 g/mol. The van der Waals surface area contributed by atoms with Gasteiger partial charge < -0.3 is 47.4 Å². The Morgan fingerprint density at radius 1 is 0.350 bits per heavy atom. The van der Waals surface area contributed by atoms with Gasteiger partial charge in [0.25, 0.3) is 0 Å². The van der Waals surface area contributed by atoms with Gasteiger partial charge in [-0.15, -0.1) is 0 Å². The molecule has 40 heavy (non-hydrogen) atoms. The second kappa shape index (κ2) is 25.3. The second-order valence-corrected chi connectivity index (χ2v) is 10.6. The summed E-state index contributed by atoms with van der Waals surface area (Å²) >= 11 is 0. The van der Waals surface area contributed by atoms with E-state index in [0.29, 0.717) is 106 Å². The molecule has 12 nitrogen and oxygen atoms in total. The van der Waals surface area contributed by atoms with E-state index in [1.165, 1.54) is 0 Å². The van der Waals surface area contributed by atoms with E-state index in [-0.39, 0.29) is 24.8 Å². The molecule has 0 rings (SSSR count). The quantitative estimate of drug-likeness (QED) is 0.104. The highest BCUT2D eigenvalue weighted by atomic mass is 16.6. The molecule has 0 aromatic heterocycles. The van der Waals surface area contributed by atoms with Crippen LogP contribution in [0, 0.1) is 0 Å². The Hall–Kier alpha value is -1.38. The van der Waals surface area contributed by atoms with Crippen LogP contribution in [0.3, 0.4) is 0 Å². The average molecular weight is 583 g/mol. The third kappa shape index (κ3) is 32.8. The molecule has 0 unspecified atom stereocenters. The van der Waals surface area contributed by atoms with E-state index in [4.69, 9.17) is 47.4 Å². The van der Waals surface area contributed by atoms with Crippen molar-refractivity contribution in [3.63, 3.8) is 0 Å². The molecule has 0 atom stereocenters. The van der Waals surface area contributed by atoms with Crippen molar-refractivity contribution in [2.75, 3.05) is 106 Å². The van der Waals surface area contributed by atoms with Crippen molar-refractivity contribution in [1.82, 2.24) is 0 Å². The lowest BCUT2D eigenvalue weighted by atomic mass is 10.2. The molecule has 0 aliphatic rings. The summed E-state index contributed by atoms with van der Waals surface area (Å²) in [5.74, 6) is -0.534. The number of carbonyl (C=O) groups is 2. The number of esters is 2. The van der Waals surface area contributed by atoms with Crippen molar-refractivity contribution in [3.05, 3.63) is 0 Å². The third-order valence-corrected chi connectivity index (χ3v) is 4.35. The smallest absolute Gasteiger partial charge is 0.308 e. The summed E-state index contributed by atoms with van der Waals surface area (Å²) in [7, 11) is 0. The van der Waals surface area contributed by atoms with E-state index < -0.39 is 11.2 Å². The summed E-state index contributed by atoms with van der Waals surface area (Å²) in [4.78, 5) is 23.1. The summed E-state index contributed by atoms with van der Waals surface area (Å²) in [6.45, 7) is 18.1. The molecule has 0 spiro atoms. The Balaban J connectivity index is 3.17. The maximum atomic E-state index is 11.5. The number of hydrogen-bond acceptors (Lipinski definition) is 12. The Kier molecular flexibility index (Phi) is 24.5. The van der Waals surface area contributed by atoms with E-state index in [0.717, 1.165) is 0 Å². The van der Waals surface area contributed by atoms with Crippen LogP contribution in [-0.4, -0.2) is 129 Å². The summed E-state index contributed by atoms with van der Waals surface area (Å²) in [6, 6.07) is 0. The van der Waals surface area contributed by atoms with Gasteiger partial charge in [0.1, 0.15) is 11.2 Å². The predicted octanol–water partition coefficient (Wildman–Crippen LogP) is 2.58. The van der Waals surface area contributed by atoms with Crippen molar-refractivity contribution in [1.29, 1.82) is 0 Å². The fraction of sp³-hybridized carbons (Fsp3) is 0.929. The van der Waals surface area contributed by atoms with E-state index in [1.54, 1.807) is 0 Å². The Bertz CT molecular complexity index is 549. The molecular formula is C28H54O12. The van der Waals surface area contributed by atoms with Gasteiger partial charge in [-0.2, -0.15) is 0 Å². The lowest BCUT2D eigenvalue weighted by molar-refractivity contribution is -0.157. The Labute approximate surface area is 240 Å². The van der Waals surface area contributed by atoms with Gasteiger partial charge >= 0.3 is 11.9 Å². The van der Waals surface area contributed by atoms with Crippen molar-refractivity contribution >= 4 is 11.9 Å². The number of rotatable bonds is 27. The first-order chi connectivity index (χ1) is 19.0. The zero-order chi connectivity index (χ0) is 30.0. The second-order valence-electron chi connectivity index (χ2n) is 10.6. The molecule has 0 saturated carbocycles. The normalized spacial score (nSPS) is 12.1. The summed E-state index contributed by atoms with van der Waals surface area (Å²) < 4.78 is 53.7. The SMILES string of the molecule is CC(C)(C)OC(=O)CCOCCOCCOCCOCCOCCOCCOCCOCCC(=O)OC(C)(C)C. The molecule has 0 radical (unpaired) electrons. The van der Waals surface area contributed by atoms with Gasteiger partial charge in [-0.05, 0) is 41.5 Å². The lowest BCUT2D eigenvalue weighted by Crippen LogP contribution is -2.24. The minimum Gasteiger partial charge on any atom is -0.460 e. The molecule has 0 N–H and O–H groups in total. The first-order valence-corrected chi connectivity index (χ1v) is 14.1. The minimum atomic E-state index is -0.474. The zero-order valence-corrected chi connectivity index (χ0v) is 25.6. The van der Waals surface area contributed by atoms with Crippen molar-refractivity contribution < 1.29 is 57.0 Å². The van der Waals surface area contributed by atoms with Gasteiger partial charge in [0.05, 0.1) is 119 Å². The number of carbonyl (C=O) groups excluding carboxylic acids is 2. The van der Waals surface area contributed by atoms with Gasteiger partial charge in [0.2, 0.25) is 0 Å². The summed E-state index contributed by atoms with van der Waals surface area (Å²) in [5.41, 5.74) is -0.948. The van der Waals surface area contributed by atoms with Crippen LogP contribution >= 0.6 is 0 Å². The van der Waals surface area contributed by atoms with Crippen LogP contribution in [0.5, 0.6) is 0 Å². The van der Waals surface area contributed by atoms with Gasteiger partial charge in [-0.1, -0.05) is 0 Å². The van der Waals surface area contributed by atoms with Crippen LogP contribution in [0.2, 0.25) is 0 Å². The molecule has 0 fully saturated rings. The highest BCUT2D eigenvalue weighted by Gasteiger charge is 2.16. The molecule has 12 heteroatoms. The first-order valence-electron chi connectivity index (χ1n) is 14.1. The van der Waals surface area contributed by atoms with Crippen molar-refractivity contribution in [2.24, 2.45) is 0 Å². The molecule has 0 heterocycles. The first kappa shape index (κ1) is 38.6.